The number of aromatic amines is 1. The molecule has 4 atom stereocenters. The number of aliphatic imine (C=N–C) groups is 1. The number of methoxy groups -OCH3 is 2. The Morgan fingerprint density at radius 3 is 2.07 bits per heavy atom. The summed E-state index contributed by atoms with van der Waals surface area (Å²) in [5.74, 6) is 2.22. The number of alkyl carbamates (subject to hydrolysis) is 2. The number of carbonyl (C=O) groups excluding carboxylic acids is 4. The van der Waals surface area contributed by atoms with Crippen molar-refractivity contribution in [2.24, 2.45) is 16.8 Å². The number of hydrogen-bond acceptors (Lipinski definition) is 12. The second kappa shape index (κ2) is 16.7. The Bertz CT molecular complexity index is 2350. The van der Waals surface area contributed by atoms with E-state index in [4.69, 9.17) is 18.9 Å². The minimum absolute atomic E-state index is 0.135. The van der Waals surface area contributed by atoms with Crippen LogP contribution in [0.3, 0.4) is 0 Å². The summed E-state index contributed by atoms with van der Waals surface area (Å²) in [6.07, 6.45) is 2.71. The van der Waals surface area contributed by atoms with Gasteiger partial charge in [-0.15, -0.1) is 23.5 Å². The molecule has 2 aromatic carbocycles. The molecule has 7 rings (SSSR count). The molecule has 57 heavy (non-hydrogen) atoms. The quantitative estimate of drug-likeness (QED) is 0.165. The van der Waals surface area contributed by atoms with Gasteiger partial charge in [-0.1, -0.05) is 33.8 Å². The topological polar surface area (TPSA) is 189 Å². The Balaban J connectivity index is 1.07. The maximum Gasteiger partial charge on any atom is 0.407 e. The minimum Gasteiger partial charge on any atom is -0.456 e. The number of amides is 4. The van der Waals surface area contributed by atoms with Gasteiger partial charge in [0.2, 0.25) is 17.2 Å². The fourth-order valence-corrected chi connectivity index (χ4v) is 9.66. The predicted molar refractivity (Wildman–Crippen MR) is 221 cm³/mol. The summed E-state index contributed by atoms with van der Waals surface area (Å²) in [6, 6.07) is 8.90. The van der Waals surface area contributed by atoms with Gasteiger partial charge in [0, 0.05) is 35.4 Å². The van der Waals surface area contributed by atoms with Gasteiger partial charge in [0.05, 0.1) is 60.7 Å². The second-order valence-electron chi connectivity index (χ2n) is 14.8. The van der Waals surface area contributed by atoms with E-state index in [2.05, 4.69) is 20.6 Å². The third kappa shape index (κ3) is 7.99. The first-order chi connectivity index (χ1) is 27.4. The maximum absolute atomic E-state index is 13.9. The van der Waals surface area contributed by atoms with E-state index in [1.807, 2.05) is 45.9 Å². The Hall–Kier alpha value is -5.29. The van der Waals surface area contributed by atoms with E-state index in [0.29, 0.717) is 63.1 Å². The predicted octanol–water partition coefficient (Wildman–Crippen LogP) is 5.76. The molecule has 2 saturated heterocycles. The van der Waals surface area contributed by atoms with Crippen LogP contribution in [0, 0.1) is 11.8 Å². The highest BCUT2D eigenvalue weighted by molar-refractivity contribution is 7.99. The van der Waals surface area contributed by atoms with Gasteiger partial charge in [0.15, 0.2) is 0 Å². The van der Waals surface area contributed by atoms with Crippen LogP contribution in [0.1, 0.15) is 51.5 Å². The molecule has 3 N–H and O–H groups in total. The lowest BCUT2D eigenvalue weighted by atomic mass is 9.97. The van der Waals surface area contributed by atoms with E-state index in [9.17, 15) is 24.0 Å². The van der Waals surface area contributed by atoms with Crippen LogP contribution in [0.4, 0.5) is 9.59 Å². The van der Waals surface area contributed by atoms with Crippen molar-refractivity contribution >= 4 is 80.7 Å². The lowest BCUT2D eigenvalue weighted by molar-refractivity contribution is -0.135. The number of imidazole rings is 1. The van der Waals surface area contributed by atoms with Crippen LogP contribution >= 0.6 is 23.5 Å². The molecule has 0 radical (unpaired) electrons. The highest BCUT2D eigenvalue weighted by Crippen LogP contribution is 2.36. The Kier molecular flexibility index (Phi) is 11.7. The van der Waals surface area contributed by atoms with E-state index >= 15 is 0 Å². The van der Waals surface area contributed by atoms with Crippen LogP contribution in [0.2, 0.25) is 0 Å². The smallest absolute Gasteiger partial charge is 0.407 e. The molecule has 2 fully saturated rings. The molecule has 2 aromatic heterocycles. The number of carbonyl (C=O) groups is 4. The van der Waals surface area contributed by atoms with E-state index in [-0.39, 0.29) is 41.2 Å². The maximum atomic E-state index is 13.9. The summed E-state index contributed by atoms with van der Waals surface area (Å²) in [5, 5.41) is 6.20. The second-order valence-corrected chi connectivity index (χ2v) is 16.8. The zero-order valence-electron chi connectivity index (χ0n) is 32.5. The lowest BCUT2D eigenvalue weighted by Gasteiger charge is -2.30. The minimum atomic E-state index is -0.749. The molecule has 0 saturated carbocycles. The summed E-state index contributed by atoms with van der Waals surface area (Å²) in [4.78, 5) is 81.2. The normalized spacial score (nSPS) is 19.2. The molecule has 3 aliphatic rings. The van der Waals surface area contributed by atoms with Gasteiger partial charge in [-0.05, 0) is 53.3 Å². The standard InChI is InChI=1S/C40H45N7O8S2/c1-20(2)33(44-39(51)53-5)37(49)46-18-56-16-29(46)27-12-24(14-41-27)22-7-9-25-32(13-22)55-31-10-8-23(11-26(31)35(25)48)28-15-42-36(43-28)30-17-57-19-47(30)38(50)34(21(3)4)45-40(52)54-6/h7-11,13-15,20-21,29-30,33-34H,12,16-19H2,1-6H3,(H,42,43)(H,44,51)(H,45,52)/t29-,30-,33-,34-/m0/s1. The van der Waals surface area contributed by atoms with Crippen LogP contribution in [0.15, 0.2) is 63.0 Å². The van der Waals surface area contributed by atoms with E-state index in [1.165, 1.54) is 14.2 Å². The van der Waals surface area contributed by atoms with Crippen molar-refractivity contribution in [3.8, 4) is 11.3 Å². The number of nitrogens with one attached hydrogen (secondary N) is 3. The van der Waals surface area contributed by atoms with Gasteiger partial charge in [-0.3, -0.25) is 19.4 Å². The van der Waals surface area contributed by atoms with Crippen LogP contribution in [0.25, 0.3) is 38.8 Å². The molecule has 4 aromatic rings. The molecule has 3 aliphatic heterocycles. The summed E-state index contributed by atoms with van der Waals surface area (Å²) in [5.41, 5.74) is 4.80. The Labute approximate surface area is 337 Å². The monoisotopic (exact) mass is 815 g/mol. The SMILES string of the molecule is COC(=O)N[C@H](C(=O)N1CSC[C@H]1C1=NC=C(c2ccc3c(=O)c4cc(-c5cnc([C@@H]6CSCN6C(=O)[C@@H](NC(=O)OC)C(C)C)[nH]5)ccc4oc3c2)C1)C(C)C. The zero-order valence-corrected chi connectivity index (χ0v) is 34.1. The van der Waals surface area contributed by atoms with Gasteiger partial charge < -0.3 is 39.3 Å². The van der Waals surface area contributed by atoms with Crippen molar-refractivity contribution in [1.29, 1.82) is 0 Å². The summed E-state index contributed by atoms with van der Waals surface area (Å²) in [6.45, 7) is 7.50. The molecule has 4 amide bonds. The van der Waals surface area contributed by atoms with Crippen molar-refractivity contribution in [1.82, 2.24) is 30.4 Å². The molecule has 15 nitrogen and oxygen atoms in total. The van der Waals surface area contributed by atoms with Crippen LogP contribution in [0.5, 0.6) is 0 Å². The van der Waals surface area contributed by atoms with Gasteiger partial charge in [-0.25, -0.2) is 14.6 Å². The number of ether oxygens (including phenoxy) is 2. The van der Waals surface area contributed by atoms with E-state index < -0.39 is 24.3 Å². The van der Waals surface area contributed by atoms with Crippen LogP contribution in [-0.4, -0.2) is 105 Å². The Morgan fingerprint density at radius 1 is 0.825 bits per heavy atom. The molecule has 0 spiro atoms. The Morgan fingerprint density at radius 2 is 1.44 bits per heavy atom. The first kappa shape index (κ1) is 39.9. The van der Waals surface area contributed by atoms with Crippen LogP contribution < -0.4 is 16.1 Å². The third-order valence-corrected chi connectivity index (χ3v) is 12.5. The van der Waals surface area contributed by atoms with Gasteiger partial charge >= 0.3 is 12.2 Å². The molecular formula is C40H45N7O8S2. The molecule has 300 valence electrons. The number of thioether (sulfide) groups is 2. The number of H-pyrrole nitrogens is 1. The molecular weight excluding hydrogens is 771 g/mol. The third-order valence-electron chi connectivity index (χ3n) is 10.5. The molecule has 0 aliphatic carbocycles. The largest absolute Gasteiger partial charge is 0.456 e. The number of hydrogen-bond donors (Lipinski definition) is 3. The molecule has 5 heterocycles. The van der Waals surface area contributed by atoms with Gasteiger partial charge in [0.1, 0.15) is 29.1 Å². The lowest BCUT2D eigenvalue weighted by Crippen LogP contribution is -2.54. The van der Waals surface area contributed by atoms with E-state index in [1.54, 1.807) is 63.9 Å². The number of allylic oxidation sites excluding steroid dienone is 1. The number of fused-ring (bicyclic) bond motifs is 2. The molecule has 0 unspecified atom stereocenters. The van der Waals surface area contributed by atoms with Crippen molar-refractivity contribution < 1.29 is 33.1 Å². The van der Waals surface area contributed by atoms with Crippen molar-refractivity contribution in [3.63, 3.8) is 0 Å². The average molecular weight is 816 g/mol. The first-order valence-corrected chi connectivity index (χ1v) is 21.0. The van der Waals surface area contributed by atoms with Crippen molar-refractivity contribution in [2.45, 2.75) is 58.3 Å². The number of nitrogens with zero attached hydrogens (tertiary/aromatic N) is 4. The van der Waals surface area contributed by atoms with Gasteiger partial charge in [-0.2, -0.15) is 0 Å². The fourth-order valence-electron chi connectivity index (χ4n) is 7.28. The van der Waals surface area contributed by atoms with Crippen molar-refractivity contribution in [2.75, 3.05) is 37.5 Å². The average Bonchev–Trinajstić information content (AvgIpc) is 4.05. The summed E-state index contributed by atoms with van der Waals surface area (Å²) >= 11 is 3.25. The van der Waals surface area contributed by atoms with Crippen molar-refractivity contribution in [3.05, 3.63) is 70.4 Å². The number of benzene rings is 2. The molecule has 0 bridgehead atoms. The zero-order chi connectivity index (χ0) is 40.5. The number of aromatic nitrogens is 2. The molecule has 17 heteroatoms. The van der Waals surface area contributed by atoms with E-state index in [0.717, 1.165) is 22.4 Å². The number of rotatable bonds is 10. The summed E-state index contributed by atoms with van der Waals surface area (Å²) < 4.78 is 15.8. The fraction of sp³-hybridized carbons (Fsp3) is 0.425. The summed E-state index contributed by atoms with van der Waals surface area (Å²) in [7, 11) is 2.54. The van der Waals surface area contributed by atoms with Crippen LogP contribution in [-0.2, 0) is 19.1 Å². The highest BCUT2D eigenvalue weighted by atomic mass is 32.2. The van der Waals surface area contributed by atoms with Gasteiger partial charge in [0.25, 0.3) is 0 Å². The highest BCUT2D eigenvalue weighted by Gasteiger charge is 2.40. The first-order valence-electron chi connectivity index (χ1n) is 18.7.